The van der Waals surface area contributed by atoms with Crippen LogP contribution in [0.25, 0.3) is 0 Å². The highest BCUT2D eigenvalue weighted by Gasteiger charge is 2.20. The molecular weight excluding hydrogens is 249 g/mol. The number of aromatic nitrogens is 3. The molecule has 0 saturated carbocycles. The third-order valence-corrected chi connectivity index (χ3v) is 1.84. The van der Waals surface area contributed by atoms with Gasteiger partial charge >= 0.3 is 5.97 Å². The standard InChI is InChI=1S/C13H16FN3O2/c1-5-6-7-10(14)8-17-9-11(15-16-17)12(18)19-13(2,3)4/h5,9-10H,1,8H2,2-4H3. The van der Waals surface area contributed by atoms with Crippen LogP contribution < -0.4 is 0 Å². The molecule has 1 heterocycles. The van der Waals surface area contributed by atoms with Gasteiger partial charge in [-0.1, -0.05) is 23.6 Å². The van der Waals surface area contributed by atoms with E-state index in [1.165, 1.54) is 17.0 Å². The number of alkyl halides is 1. The second-order valence-corrected chi connectivity index (χ2v) is 4.79. The second-order valence-electron chi connectivity index (χ2n) is 4.79. The lowest BCUT2D eigenvalue weighted by atomic mass is 10.2. The fraction of sp³-hybridized carbons (Fsp3) is 0.462. The maximum absolute atomic E-state index is 13.3. The number of carbonyl (C=O) groups excluding carboxylic acids is 1. The number of rotatable bonds is 3. The van der Waals surface area contributed by atoms with Crippen molar-refractivity contribution >= 4 is 5.97 Å². The second kappa shape index (κ2) is 6.14. The highest BCUT2D eigenvalue weighted by molar-refractivity contribution is 5.87. The summed E-state index contributed by atoms with van der Waals surface area (Å²) in [6, 6.07) is 0. The molecule has 102 valence electrons. The zero-order valence-corrected chi connectivity index (χ0v) is 11.2. The minimum Gasteiger partial charge on any atom is -0.455 e. The van der Waals surface area contributed by atoms with Crippen LogP contribution >= 0.6 is 0 Å². The molecule has 5 nitrogen and oxygen atoms in total. The number of esters is 1. The first kappa shape index (κ1) is 14.9. The number of ether oxygens (including phenoxy) is 1. The van der Waals surface area contributed by atoms with Crippen molar-refractivity contribution in [1.82, 2.24) is 15.0 Å². The largest absolute Gasteiger partial charge is 0.455 e. The predicted molar refractivity (Wildman–Crippen MR) is 68.1 cm³/mol. The van der Waals surface area contributed by atoms with Crippen LogP contribution in [-0.4, -0.2) is 32.7 Å². The van der Waals surface area contributed by atoms with E-state index in [1.54, 1.807) is 20.8 Å². The van der Waals surface area contributed by atoms with Gasteiger partial charge in [-0.3, -0.25) is 0 Å². The van der Waals surface area contributed by atoms with Gasteiger partial charge in [-0.15, -0.1) is 5.10 Å². The van der Waals surface area contributed by atoms with Gasteiger partial charge in [0, 0.05) is 0 Å². The van der Waals surface area contributed by atoms with Crippen LogP contribution in [0.1, 0.15) is 31.3 Å². The molecule has 1 aromatic rings. The van der Waals surface area contributed by atoms with Crippen molar-refractivity contribution in [3.05, 3.63) is 24.5 Å². The van der Waals surface area contributed by atoms with Gasteiger partial charge < -0.3 is 4.74 Å². The third kappa shape index (κ3) is 5.34. The van der Waals surface area contributed by atoms with Gasteiger partial charge in [0.15, 0.2) is 11.9 Å². The summed E-state index contributed by atoms with van der Waals surface area (Å²) in [6.45, 7) is 8.51. The molecule has 0 aliphatic carbocycles. The highest BCUT2D eigenvalue weighted by atomic mass is 19.1. The van der Waals surface area contributed by atoms with Gasteiger partial charge in [0.2, 0.25) is 0 Å². The number of carbonyl (C=O) groups is 1. The van der Waals surface area contributed by atoms with Crippen LogP contribution in [0, 0.1) is 11.8 Å². The summed E-state index contributed by atoms with van der Waals surface area (Å²) < 4.78 is 19.7. The van der Waals surface area contributed by atoms with E-state index in [1.807, 2.05) is 0 Å². The van der Waals surface area contributed by atoms with Gasteiger partial charge in [0.25, 0.3) is 0 Å². The maximum Gasteiger partial charge on any atom is 0.361 e. The normalized spacial score (nSPS) is 12.2. The van der Waals surface area contributed by atoms with Crippen LogP contribution in [0.2, 0.25) is 0 Å². The zero-order chi connectivity index (χ0) is 14.5. The molecule has 6 heteroatoms. The minimum atomic E-state index is -1.40. The summed E-state index contributed by atoms with van der Waals surface area (Å²) in [7, 11) is 0. The SMILES string of the molecule is C=CC#CC(F)Cn1cc(C(=O)OC(C)(C)C)nn1. The molecule has 0 fully saturated rings. The van der Waals surface area contributed by atoms with Crippen LogP contribution in [0.15, 0.2) is 18.9 Å². The van der Waals surface area contributed by atoms with Crippen LogP contribution in [-0.2, 0) is 11.3 Å². The summed E-state index contributed by atoms with van der Waals surface area (Å²) in [4.78, 5) is 11.7. The lowest BCUT2D eigenvalue weighted by molar-refractivity contribution is 0.00626. The Kier molecular flexibility index (Phi) is 4.81. The maximum atomic E-state index is 13.3. The summed E-state index contributed by atoms with van der Waals surface area (Å²) in [5, 5.41) is 7.28. The zero-order valence-electron chi connectivity index (χ0n) is 11.2. The Morgan fingerprint density at radius 3 is 2.95 bits per heavy atom. The Hall–Kier alpha value is -2.16. The lowest BCUT2D eigenvalue weighted by Gasteiger charge is -2.18. The third-order valence-electron chi connectivity index (χ3n) is 1.84. The molecule has 0 saturated heterocycles. The summed E-state index contributed by atoms with van der Waals surface area (Å²) in [5.74, 6) is 4.14. The first-order valence-corrected chi connectivity index (χ1v) is 5.71. The van der Waals surface area contributed by atoms with E-state index < -0.39 is 17.7 Å². The first-order chi connectivity index (χ1) is 8.81. The Morgan fingerprint density at radius 1 is 1.68 bits per heavy atom. The first-order valence-electron chi connectivity index (χ1n) is 5.71. The van der Waals surface area contributed by atoms with Crippen LogP contribution in [0.4, 0.5) is 4.39 Å². The summed E-state index contributed by atoms with van der Waals surface area (Å²) in [6.07, 6.45) is 1.24. The smallest absolute Gasteiger partial charge is 0.361 e. The van der Waals surface area contributed by atoms with E-state index in [0.717, 1.165) is 0 Å². The van der Waals surface area contributed by atoms with E-state index in [2.05, 4.69) is 28.7 Å². The van der Waals surface area contributed by atoms with Crippen molar-refractivity contribution in [2.24, 2.45) is 0 Å². The fourth-order valence-corrected chi connectivity index (χ4v) is 1.17. The van der Waals surface area contributed by atoms with Crippen LogP contribution in [0.5, 0.6) is 0 Å². The van der Waals surface area contributed by atoms with E-state index in [4.69, 9.17) is 4.74 Å². The topological polar surface area (TPSA) is 57.0 Å². The molecule has 0 amide bonds. The quantitative estimate of drug-likeness (QED) is 0.617. The Balaban J connectivity index is 2.67. The Labute approximate surface area is 111 Å². The van der Waals surface area contributed by atoms with Gasteiger partial charge in [-0.2, -0.15) is 0 Å². The molecule has 0 aliphatic rings. The van der Waals surface area contributed by atoms with E-state index >= 15 is 0 Å². The average Bonchev–Trinajstić information content (AvgIpc) is 2.72. The van der Waals surface area contributed by atoms with Crippen molar-refractivity contribution in [2.75, 3.05) is 0 Å². The molecular formula is C13H16FN3O2. The molecule has 1 unspecified atom stereocenters. The number of nitrogens with zero attached hydrogens (tertiary/aromatic N) is 3. The Morgan fingerprint density at radius 2 is 2.37 bits per heavy atom. The van der Waals surface area contributed by atoms with Gasteiger partial charge in [-0.05, 0) is 26.8 Å². The minimum absolute atomic E-state index is 0.0406. The summed E-state index contributed by atoms with van der Waals surface area (Å²) in [5.41, 5.74) is -0.572. The fourth-order valence-electron chi connectivity index (χ4n) is 1.17. The van der Waals surface area contributed by atoms with E-state index in [9.17, 15) is 9.18 Å². The molecule has 0 aromatic carbocycles. The van der Waals surface area contributed by atoms with Crippen molar-refractivity contribution in [1.29, 1.82) is 0 Å². The highest BCUT2D eigenvalue weighted by Crippen LogP contribution is 2.10. The number of hydrogen-bond acceptors (Lipinski definition) is 4. The van der Waals surface area contributed by atoms with Crippen LogP contribution in [0.3, 0.4) is 0 Å². The summed E-state index contributed by atoms with van der Waals surface area (Å²) >= 11 is 0. The van der Waals surface area contributed by atoms with Crippen molar-refractivity contribution in [3.63, 3.8) is 0 Å². The number of hydrogen-bond donors (Lipinski definition) is 0. The van der Waals surface area contributed by atoms with Gasteiger partial charge in [0.05, 0.1) is 12.7 Å². The molecule has 1 rings (SSSR count). The molecule has 1 atom stereocenters. The Bertz CT molecular complexity index is 520. The molecule has 0 spiro atoms. The molecule has 0 bridgehead atoms. The monoisotopic (exact) mass is 265 g/mol. The molecule has 0 aliphatic heterocycles. The predicted octanol–water partition coefficient (Wildman–Crippen LogP) is 1.76. The van der Waals surface area contributed by atoms with Crippen molar-refractivity contribution < 1.29 is 13.9 Å². The average molecular weight is 265 g/mol. The van der Waals surface area contributed by atoms with Crippen molar-refractivity contribution in [2.45, 2.75) is 39.1 Å². The van der Waals surface area contributed by atoms with E-state index in [0.29, 0.717) is 0 Å². The number of allylic oxidation sites excluding steroid dienone is 1. The molecule has 0 N–H and O–H groups in total. The number of halogens is 1. The van der Waals surface area contributed by atoms with Gasteiger partial charge in [0.1, 0.15) is 5.60 Å². The van der Waals surface area contributed by atoms with Crippen molar-refractivity contribution in [3.8, 4) is 11.8 Å². The molecule has 0 radical (unpaired) electrons. The molecule has 1 aromatic heterocycles. The van der Waals surface area contributed by atoms with Gasteiger partial charge in [-0.25, -0.2) is 13.9 Å². The molecule has 19 heavy (non-hydrogen) atoms. The van der Waals surface area contributed by atoms with E-state index in [-0.39, 0.29) is 12.2 Å². The lowest BCUT2D eigenvalue weighted by Crippen LogP contribution is -2.24.